The van der Waals surface area contributed by atoms with Crippen molar-refractivity contribution in [3.05, 3.63) is 65.9 Å². The molecule has 1 atom stereocenters. The zero-order valence-electron chi connectivity index (χ0n) is 16.3. The van der Waals surface area contributed by atoms with E-state index >= 15 is 0 Å². The minimum atomic E-state index is -3.05. The zero-order valence-corrected chi connectivity index (χ0v) is 17.1. The largest absolute Gasteiger partial charge is 0.497 e. The van der Waals surface area contributed by atoms with Crippen LogP contribution in [0.4, 0.5) is 0 Å². The number of carbonyl (C=O) groups excluding carboxylic acids is 1. The van der Waals surface area contributed by atoms with Gasteiger partial charge in [0.05, 0.1) is 25.2 Å². The van der Waals surface area contributed by atoms with Gasteiger partial charge in [0.2, 0.25) is 0 Å². The van der Waals surface area contributed by atoms with Crippen LogP contribution in [-0.2, 0) is 16.4 Å². The van der Waals surface area contributed by atoms with Crippen LogP contribution in [0.5, 0.6) is 5.75 Å². The topological polar surface area (TPSA) is 79.5 Å². The molecule has 0 spiro atoms. The maximum absolute atomic E-state index is 13.1. The van der Waals surface area contributed by atoms with E-state index in [0.717, 1.165) is 22.2 Å². The van der Waals surface area contributed by atoms with Crippen LogP contribution in [0.15, 0.2) is 54.7 Å². The van der Waals surface area contributed by atoms with Crippen molar-refractivity contribution in [1.29, 1.82) is 0 Å². The summed E-state index contributed by atoms with van der Waals surface area (Å²) < 4.78 is 29.3. The molecule has 0 radical (unpaired) electrons. The van der Waals surface area contributed by atoms with Crippen molar-refractivity contribution in [2.75, 3.05) is 25.2 Å². The van der Waals surface area contributed by atoms with Gasteiger partial charge >= 0.3 is 0 Å². The number of hydrogen-bond acceptors (Lipinski definition) is 5. The molecule has 1 aromatic heterocycles. The van der Waals surface area contributed by atoms with Gasteiger partial charge in [0.25, 0.3) is 0 Å². The molecule has 1 N–H and O–H groups in total. The van der Waals surface area contributed by atoms with Crippen molar-refractivity contribution < 1.29 is 17.9 Å². The smallest absolute Gasteiger partial charge is 0.178 e. The number of fused-ring (bicyclic) bond motifs is 1. The predicted octanol–water partition coefficient (Wildman–Crippen LogP) is 3.05. The Morgan fingerprint density at radius 2 is 1.93 bits per heavy atom. The number of nitrogens with zero attached hydrogens (tertiary/aromatic N) is 1. The highest BCUT2D eigenvalue weighted by Crippen LogP contribution is 2.23. The number of aromatic amines is 1. The molecule has 0 bridgehead atoms. The molecule has 6 nitrogen and oxygen atoms in total. The minimum absolute atomic E-state index is 0.0136. The third kappa shape index (κ3) is 4.36. The molecule has 4 rings (SSSR count). The lowest BCUT2D eigenvalue weighted by Gasteiger charge is -2.27. The summed E-state index contributed by atoms with van der Waals surface area (Å²) in [5, 5.41) is 0.890. The second-order valence-electron chi connectivity index (χ2n) is 7.48. The van der Waals surface area contributed by atoms with Gasteiger partial charge in [-0.05, 0) is 30.2 Å². The molecule has 152 valence electrons. The van der Waals surface area contributed by atoms with Crippen LogP contribution < -0.4 is 4.74 Å². The van der Waals surface area contributed by atoms with E-state index in [4.69, 9.17) is 4.74 Å². The van der Waals surface area contributed by atoms with E-state index in [-0.39, 0.29) is 29.9 Å². The first-order chi connectivity index (χ1) is 13.9. The summed E-state index contributed by atoms with van der Waals surface area (Å²) >= 11 is 0. The van der Waals surface area contributed by atoms with Crippen LogP contribution in [0.25, 0.3) is 10.9 Å². The molecule has 1 aliphatic heterocycles. The first kappa shape index (κ1) is 19.7. The third-order valence-corrected chi connectivity index (χ3v) is 7.26. The lowest BCUT2D eigenvalue weighted by molar-refractivity contribution is 0.0894. The van der Waals surface area contributed by atoms with Gasteiger partial charge in [-0.2, -0.15) is 0 Å². The van der Waals surface area contributed by atoms with Gasteiger partial charge in [-0.1, -0.05) is 30.3 Å². The SMILES string of the molecule is COc1ccc(CN(CC(=O)c2c[nH]c3ccccc23)C2CCS(=O)(=O)C2)cc1. The summed E-state index contributed by atoms with van der Waals surface area (Å²) in [6, 6.07) is 15.2. The van der Waals surface area contributed by atoms with Crippen LogP contribution in [0.1, 0.15) is 22.3 Å². The Kier molecular flexibility index (Phi) is 5.43. The molecule has 0 amide bonds. The Morgan fingerprint density at radius 3 is 2.62 bits per heavy atom. The normalized spacial score (nSPS) is 18.3. The van der Waals surface area contributed by atoms with E-state index < -0.39 is 9.84 Å². The van der Waals surface area contributed by atoms with Gasteiger partial charge in [-0.25, -0.2) is 8.42 Å². The van der Waals surface area contributed by atoms with E-state index in [0.29, 0.717) is 18.5 Å². The van der Waals surface area contributed by atoms with Crippen LogP contribution in [0.3, 0.4) is 0 Å². The summed E-state index contributed by atoms with van der Waals surface area (Å²) in [5.74, 6) is 1.03. The average Bonchev–Trinajstić information content (AvgIpc) is 3.31. The highest BCUT2D eigenvalue weighted by molar-refractivity contribution is 7.91. The molecule has 0 saturated carbocycles. The quantitative estimate of drug-likeness (QED) is 0.604. The maximum Gasteiger partial charge on any atom is 0.178 e. The lowest BCUT2D eigenvalue weighted by Crippen LogP contribution is -2.39. The second kappa shape index (κ2) is 8.00. The summed E-state index contributed by atoms with van der Waals surface area (Å²) in [6.07, 6.45) is 2.30. The number of rotatable bonds is 7. The van der Waals surface area contributed by atoms with Crippen LogP contribution in [-0.4, -0.2) is 55.3 Å². The molecular formula is C22H24N2O4S. The monoisotopic (exact) mass is 412 g/mol. The van der Waals surface area contributed by atoms with Crippen molar-refractivity contribution in [1.82, 2.24) is 9.88 Å². The molecular weight excluding hydrogens is 388 g/mol. The third-order valence-electron chi connectivity index (χ3n) is 5.51. The maximum atomic E-state index is 13.1. The van der Waals surface area contributed by atoms with Crippen molar-refractivity contribution in [3.8, 4) is 5.75 Å². The van der Waals surface area contributed by atoms with Crippen molar-refractivity contribution in [2.24, 2.45) is 0 Å². The number of aromatic nitrogens is 1. The van der Waals surface area contributed by atoms with E-state index in [2.05, 4.69) is 4.98 Å². The van der Waals surface area contributed by atoms with E-state index in [1.807, 2.05) is 53.4 Å². The zero-order chi connectivity index (χ0) is 20.4. The molecule has 2 heterocycles. The molecule has 7 heteroatoms. The highest BCUT2D eigenvalue weighted by Gasteiger charge is 2.33. The predicted molar refractivity (Wildman–Crippen MR) is 113 cm³/mol. The number of carbonyl (C=O) groups is 1. The van der Waals surface area contributed by atoms with E-state index in [9.17, 15) is 13.2 Å². The van der Waals surface area contributed by atoms with Gasteiger partial charge in [-0.3, -0.25) is 9.69 Å². The van der Waals surface area contributed by atoms with Crippen LogP contribution in [0, 0.1) is 0 Å². The number of ether oxygens (including phenoxy) is 1. The Balaban J connectivity index is 1.58. The second-order valence-corrected chi connectivity index (χ2v) is 9.71. The summed E-state index contributed by atoms with van der Waals surface area (Å²) in [4.78, 5) is 18.2. The summed E-state index contributed by atoms with van der Waals surface area (Å²) in [6.45, 7) is 0.687. The average molecular weight is 413 g/mol. The number of H-pyrrole nitrogens is 1. The number of methoxy groups -OCH3 is 1. The van der Waals surface area contributed by atoms with Gasteiger partial charge in [0.1, 0.15) is 5.75 Å². The lowest BCUT2D eigenvalue weighted by atomic mass is 10.1. The van der Waals surface area contributed by atoms with Crippen LogP contribution >= 0.6 is 0 Å². The number of Topliss-reactive ketones (excluding diaryl/α,β-unsaturated/α-hetero) is 1. The minimum Gasteiger partial charge on any atom is -0.497 e. The van der Waals surface area contributed by atoms with Crippen molar-refractivity contribution in [3.63, 3.8) is 0 Å². The fraction of sp³-hybridized carbons (Fsp3) is 0.318. The van der Waals surface area contributed by atoms with Gasteiger partial charge in [0.15, 0.2) is 15.6 Å². The number of sulfone groups is 1. The Hall–Kier alpha value is -2.64. The fourth-order valence-corrected chi connectivity index (χ4v) is 5.68. The summed E-state index contributed by atoms with van der Waals surface area (Å²) in [7, 11) is -1.43. The molecule has 1 aliphatic rings. The van der Waals surface area contributed by atoms with Crippen molar-refractivity contribution in [2.45, 2.75) is 19.0 Å². The first-order valence-electron chi connectivity index (χ1n) is 9.62. The molecule has 1 unspecified atom stereocenters. The van der Waals surface area contributed by atoms with Gasteiger partial charge in [-0.15, -0.1) is 0 Å². The van der Waals surface area contributed by atoms with Gasteiger partial charge < -0.3 is 9.72 Å². The van der Waals surface area contributed by atoms with E-state index in [1.54, 1.807) is 13.3 Å². The van der Waals surface area contributed by atoms with E-state index in [1.165, 1.54) is 0 Å². The molecule has 2 aromatic carbocycles. The number of para-hydroxylation sites is 1. The van der Waals surface area contributed by atoms with Crippen molar-refractivity contribution >= 4 is 26.5 Å². The molecule has 3 aromatic rings. The molecule has 0 aliphatic carbocycles. The fourth-order valence-electron chi connectivity index (χ4n) is 3.91. The number of hydrogen-bond donors (Lipinski definition) is 1. The molecule has 29 heavy (non-hydrogen) atoms. The standard InChI is InChI=1S/C22H24N2O4S/c1-28-18-8-6-16(7-9-18)13-24(17-10-11-29(26,27)15-17)14-22(25)20-12-23-21-5-3-2-4-19(20)21/h2-9,12,17,23H,10-11,13-15H2,1H3. The molecule has 1 saturated heterocycles. The Bertz CT molecular complexity index is 1120. The number of nitrogens with one attached hydrogen (secondary N) is 1. The molecule has 1 fully saturated rings. The number of ketones is 1. The van der Waals surface area contributed by atoms with Crippen LogP contribution in [0.2, 0.25) is 0 Å². The number of benzene rings is 2. The summed E-state index contributed by atoms with van der Waals surface area (Å²) in [5.41, 5.74) is 2.57. The Morgan fingerprint density at radius 1 is 1.17 bits per heavy atom. The van der Waals surface area contributed by atoms with Gasteiger partial charge in [0, 0.05) is 35.2 Å². The first-order valence-corrected chi connectivity index (χ1v) is 11.4. The Labute approximate surface area is 170 Å². The highest BCUT2D eigenvalue weighted by atomic mass is 32.2.